The van der Waals surface area contributed by atoms with Crippen LogP contribution in [0.2, 0.25) is 5.28 Å². The van der Waals surface area contributed by atoms with E-state index >= 15 is 0 Å². The molecule has 0 bridgehead atoms. The van der Waals surface area contributed by atoms with Gasteiger partial charge in [-0.2, -0.15) is 15.0 Å². The lowest BCUT2D eigenvalue weighted by Crippen LogP contribution is -2.12. The molecule has 0 spiro atoms. The zero-order valence-electron chi connectivity index (χ0n) is 12.7. The van der Waals surface area contributed by atoms with E-state index in [-0.39, 0.29) is 11.3 Å². The van der Waals surface area contributed by atoms with Gasteiger partial charge in [0.25, 0.3) is 0 Å². The van der Waals surface area contributed by atoms with Gasteiger partial charge in [-0.05, 0) is 50.4 Å². The molecule has 2 rings (SSSR count). The minimum atomic E-state index is 0.118. The van der Waals surface area contributed by atoms with Crippen molar-refractivity contribution < 1.29 is 0 Å². The molecule has 2 aromatic heterocycles. The fourth-order valence-electron chi connectivity index (χ4n) is 2.08. The zero-order chi connectivity index (χ0) is 15.4. The summed E-state index contributed by atoms with van der Waals surface area (Å²) in [5.41, 5.74) is 1.26. The summed E-state index contributed by atoms with van der Waals surface area (Å²) in [4.78, 5) is 15.2. The Morgan fingerprint density at radius 1 is 1.24 bits per heavy atom. The van der Waals surface area contributed by atoms with Crippen molar-refractivity contribution in [2.24, 2.45) is 0 Å². The van der Waals surface area contributed by atoms with Crippen molar-refractivity contribution in [3.63, 3.8) is 0 Å². The number of aromatic nitrogens is 3. The summed E-state index contributed by atoms with van der Waals surface area (Å²) < 4.78 is 0. The molecule has 0 aliphatic heterocycles. The second-order valence-corrected chi connectivity index (χ2v) is 6.71. The molecule has 0 saturated carbocycles. The summed E-state index contributed by atoms with van der Waals surface area (Å²) in [7, 11) is 0. The minimum Gasteiger partial charge on any atom is -0.354 e. The molecular formula is C14H20ClN5S. The maximum atomic E-state index is 5.95. The van der Waals surface area contributed by atoms with Crippen LogP contribution in [0.5, 0.6) is 0 Å². The Labute approximate surface area is 134 Å². The molecule has 1 unspecified atom stereocenters. The maximum absolute atomic E-state index is 5.95. The van der Waals surface area contributed by atoms with Crippen LogP contribution in [0, 0.1) is 13.8 Å². The molecule has 1 atom stereocenters. The van der Waals surface area contributed by atoms with E-state index in [1.807, 2.05) is 0 Å². The molecule has 0 radical (unpaired) electrons. The average molecular weight is 326 g/mol. The molecule has 2 heterocycles. The van der Waals surface area contributed by atoms with Gasteiger partial charge < -0.3 is 10.6 Å². The number of thiophene rings is 1. The third kappa shape index (κ3) is 4.28. The van der Waals surface area contributed by atoms with Gasteiger partial charge in [0.15, 0.2) is 0 Å². The van der Waals surface area contributed by atoms with E-state index in [1.165, 1.54) is 15.3 Å². The van der Waals surface area contributed by atoms with E-state index in [9.17, 15) is 0 Å². The highest BCUT2D eigenvalue weighted by molar-refractivity contribution is 7.12. The van der Waals surface area contributed by atoms with Crippen LogP contribution in [0.25, 0.3) is 0 Å². The first-order chi connectivity index (χ1) is 9.99. The van der Waals surface area contributed by atoms with E-state index in [1.54, 1.807) is 11.3 Å². The van der Waals surface area contributed by atoms with Crippen LogP contribution in [-0.4, -0.2) is 21.5 Å². The lowest BCUT2D eigenvalue weighted by molar-refractivity contribution is 0.848. The second kappa shape index (κ2) is 7.04. The lowest BCUT2D eigenvalue weighted by atomic mass is 10.1. The van der Waals surface area contributed by atoms with Crippen molar-refractivity contribution in [3.8, 4) is 0 Å². The SMILES string of the molecule is CCCNc1nc(Cl)nc(NC(C)c2cc(C)sc2C)n1. The van der Waals surface area contributed by atoms with Crippen LogP contribution in [0.15, 0.2) is 6.07 Å². The first kappa shape index (κ1) is 16.0. The zero-order valence-corrected chi connectivity index (χ0v) is 14.3. The van der Waals surface area contributed by atoms with E-state index in [0.29, 0.717) is 11.9 Å². The minimum absolute atomic E-state index is 0.118. The fraction of sp³-hybridized carbons (Fsp3) is 0.500. The van der Waals surface area contributed by atoms with Gasteiger partial charge in [0, 0.05) is 16.3 Å². The fourth-order valence-corrected chi connectivity index (χ4v) is 3.26. The molecule has 0 aliphatic rings. The van der Waals surface area contributed by atoms with Crippen molar-refractivity contribution in [1.29, 1.82) is 0 Å². The van der Waals surface area contributed by atoms with Crippen LogP contribution in [0.3, 0.4) is 0 Å². The second-order valence-electron chi connectivity index (χ2n) is 4.91. The highest BCUT2D eigenvalue weighted by Gasteiger charge is 2.13. The first-order valence-electron chi connectivity index (χ1n) is 6.98. The van der Waals surface area contributed by atoms with Crippen LogP contribution < -0.4 is 10.6 Å². The number of aryl methyl sites for hydroxylation is 2. The number of hydrogen-bond acceptors (Lipinski definition) is 6. The van der Waals surface area contributed by atoms with Crippen LogP contribution in [-0.2, 0) is 0 Å². The van der Waals surface area contributed by atoms with Crippen LogP contribution in [0.1, 0.15) is 41.6 Å². The molecule has 2 aromatic rings. The predicted octanol–water partition coefficient (Wildman–Crippen LogP) is 4.20. The van der Waals surface area contributed by atoms with Crippen LogP contribution in [0.4, 0.5) is 11.9 Å². The van der Waals surface area contributed by atoms with Gasteiger partial charge in [0.2, 0.25) is 17.2 Å². The average Bonchev–Trinajstić information content (AvgIpc) is 2.75. The molecule has 0 fully saturated rings. The largest absolute Gasteiger partial charge is 0.354 e. The Kier molecular flexibility index (Phi) is 5.36. The molecule has 114 valence electrons. The van der Waals surface area contributed by atoms with Crippen molar-refractivity contribution >= 4 is 34.8 Å². The van der Waals surface area contributed by atoms with Gasteiger partial charge in [-0.3, -0.25) is 0 Å². The molecule has 7 heteroatoms. The predicted molar refractivity (Wildman–Crippen MR) is 89.4 cm³/mol. The van der Waals surface area contributed by atoms with Crippen molar-refractivity contribution in [1.82, 2.24) is 15.0 Å². The van der Waals surface area contributed by atoms with Crippen molar-refractivity contribution in [2.45, 2.75) is 40.2 Å². The summed E-state index contributed by atoms with van der Waals surface area (Å²) in [6, 6.07) is 2.31. The van der Waals surface area contributed by atoms with Crippen LogP contribution >= 0.6 is 22.9 Å². The standard InChI is InChI=1S/C14H20ClN5S/c1-5-6-16-13-18-12(15)19-14(20-13)17-9(3)11-7-8(2)21-10(11)4/h7,9H,5-6H2,1-4H3,(H2,16,17,18,19,20). The number of rotatable bonds is 6. The van der Waals surface area contributed by atoms with Gasteiger partial charge in [0.1, 0.15) is 0 Å². The molecular weight excluding hydrogens is 306 g/mol. The Balaban J connectivity index is 2.14. The first-order valence-corrected chi connectivity index (χ1v) is 8.18. The van der Waals surface area contributed by atoms with Crippen molar-refractivity contribution in [2.75, 3.05) is 17.2 Å². The summed E-state index contributed by atoms with van der Waals surface area (Å²) in [6.45, 7) is 9.21. The van der Waals surface area contributed by atoms with Gasteiger partial charge in [0.05, 0.1) is 6.04 Å². The number of nitrogens with one attached hydrogen (secondary N) is 2. The third-order valence-corrected chi connectivity index (χ3v) is 4.18. The van der Waals surface area contributed by atoms with Crippen molar-refractivity contribution in [3.05, 3.63) is 26.7 Å². The van der Waals surface area contributed by atoms with E-state index in [0.717, 1.165) is 13.0 Å². The number of anilines is 2. The van der Waals surface area contributed by atoms with Gasteiger partial charge in [-0.1, -0.05) is 6.92 Å². The van der Waals surface area contributed by atoms with E-state index in [4.69, 9.17) is 11.6 Å². The Morgan fingerprint density at radius 2 is 1.95 bits per heavy atom. The van der Waals surface area contributed by atoms with Gasteiger partial charge in [-0.25, -0.2) is 0 Å². The molecule has 5 nitrogen and oxygen atoms in total. The molecule has 21 heavy (non-hydrogen) atoms. The molecule has 0 saturated heterocycles. The lowest BCUT2D eigenvalue weighted by Gasteiger charge is -2.14. The monoisotopic (exact) mass is 325 g/mol. The normalized spacial score (nSPS) is 12.2. The summed E-state index contributed by atoms with van der Waals surface area (Å²) in [5.74, 6) is 0.995. The number of nitrogens with zero attached hydrogens (tertiary/aromatic N) is 3. The maximum Gasteiger partial charge on any atom is 0.229 e. The Bertz CT molecular complexity index is 613. The summed E-state index contributed by atoms with van der Waals surface area (Å²) >= 11 is 7.75. The number of halogens is 1. The highest BCUT2D eigenvalue weighted by atomic mass is 35.5. The quantitative estimate of drug-likeness (QED) is 0.833. The summed E-state index contributed by atoms with van der Waals surface area (Å²) in [6.07, 6.45) is 0.996. The topological polar surface area (TPSA) is 62.7 Å². The van der Waals surface area contributed by atoms with E-state index in [2.05, 4.69) is 59.3 Å². The smallest absolute Gasteiger partial charge is 0.229 e. The van der Waals surface area contributed by atoms with E-state index < -0.39 is 0 Å². The number of hydrogen-bond donors (Lipinski definition) is 2. The molecule has 0 aliphatic carbocycles. The molecule has 0 amide bonds. The third-order valence-electron chi connectivity index (χ3n) is 3.03. The Hall–Kier alpha value is -1.40. The Morgan fingerprint density at radius 3 is 2.57 bits per heavy atom. The highest BCUT2D eigenvalue weighted by Crippen LogP contribution is 2.28. The molecule has 0 aromatic carbocycles. The molecule has 2 N–H and O–H groups in total. The van der Waals surface area contributed by atoms with Gasteiger partial charge in [-0.15, -0.1) is 11.3 Å². The summed E-state index contributed by atoms with van der Waals surface area (Å²) in [5, 5.41) is 6.60. The van der Waals surface area contributed by atoms with Gasteiger partial charge >= 0.3 is 0 Å².